The highest BCUT2D eigenvalue weighted by atomic mass is 19.1. The van der Waals surface area contributed by atoms with E-state index in [1.54, 1.807) is 24.4 Å². The van der Waals surface area contributed by atoms with Crippen molar-refractivity contribution >= 4 is 11.9 Å². The van der Waals surface area contributed by atoms with Gasteiger partial charge in [0, 0.05) is 11.8 Å². The molecule has 0 atom stereocenters. The standard InChI is InChI=1S/C16H15FN2O2/c1-16(2)10-19(15(20)21-16)14-8-5-12(9-18-14)11-3-6-13(17)7-4-11/h3-9H,10H2,1-2H3. The van der Waals surface area contributed by atoms with E-state index in [9.17, 15) is 9.18 Å². The van der Waals surface area contributed by atoms with Crippen LogP contribution >= 0.6 is 0 Å². The van der Waals surface area contributed by atoms with Crippen LogP contribution in [-0.4, -0.2) is 23.2 Å². The number of nitrogens with zero attached hydrogens (tertiary/aromatic N) is 2. The smallest absolute Gasteiger partial charge is 0.416 e. The zero-order valence-electron chi connectivity index (χ0n) is 11.8. The molecular weight excluding hydrogens is 271 g/mol. The fraction of sp³-hybridized carbons (Fsp3) is 0.250. The van der Waals surface area contributed by atoms with Crippen molar-refractivity contribution in [3.8, 4) is 11.1 Å². The number of benzene rings is 1. The second kappa shape index (κ2) is 4.84. The van der Waals surface area contributed by atoms with Gasteiger partial charge in [0.2, 0.25) is 0 Å². The van der Waals surface area contributed by atoms with Crippen molar-refractivity contribution in [2.24, 2.45) is 0 Å². The number of carbonyl (C=O) groups excluding carboxylic acids is 1. The number of hydrogen-bond acceptors (Lipinski definition) is 3. The summed E-state index contributed by atoms with van der Waals surface area (Å²) in [5.41, 5.74) is 1.24. The number of aromatic nitrogens is 1. The van der Waals surface area contributed by atoms with Gasteiger partial charge in [0.15, 0.2) is 0 Å². The number of hydrogen-bond donors (Lipinski definition) is 0. The molecule has 1 aliphatic heterocycles. The number of pyridine rings is 1. The first kappa shape index (κ1) is 13.5. The molecule has 1 aliphatic rings. The molecule has 0 radical (unpaired) electrons. The molecule has 0 saturated carbocycles. The summed E-state index contributed by atoms with van der Waals surface area (Å²) >= 11 is 0. The van der Waals surface area contributed by atoms with Gasteiger partial charge in [0.1, 0.15) is 17.2 Å². The first-order valence-corrected chi connectivity index (χ1v) is 6.67. The fourth-order valence-electron chi connectivity index (χ4n) is 2.30. The van der Waals surface area contributed by atoms with E-state index in [1.165, 1.54) is 17.0 Å². The number of rotatable bonds is 2. The van der Waals surface area contributed by atoms with E-state index in [1.807, 2.05) is 19.9 Å². The molecule has 0 bridgehead atoms. The van der Waals surface area contributed by atoms with Gasteiger partial charge in [0.05, 0.1) is 6.54 Å². The maximum absolute atomic E-state index is 12.9. The Morgan fingerprint density at radius 1 is 1.14 bits per heavy atom. The summed E-state index contributed by atoms with van der Waals surface area (Å²) in [6, 6.07) is 9.82. The van der Waals surface area contributed by atoms with Gasteiger partial charge in [-0.2, -0.15) is 0 Å². The van der Waals surface area contributed by atoms with Gasteiger partial charge in [-0.05, 0) is 43.7 Å². The van der Waals surface area contributed by atoms with Gasteiger partial charge in [-0.15, -0.1) is 0 Å². The molecule has 2 aromatic rings. The lowest BCUT2D eigenvalue weighted by atomic mass is 10.1. The molecule has 108 valence electrons. The van der Waals surface area contributed by atoms with Crippen molar-refractivity contribution in [3.63, 3.8) is 0 Å². The Bertz CT molecular complexity index is 666. The van der Waals surface area contributed by atoms with Crippen LogP contribution in [0.2, 0.25) is 0 Å². The number of cyclic esters (lactones) is 1. The van der Waals surface area contributed by atoms with Crippen molar-refractivity contribution in [2.45, 2.75) is 19.4 Å². The lowest BCUT2D eigenvalue weighted by Gasteiger charge is -2.15. The van der Waals surface area contributed by atoms with Crippen molar-refractivity contribution < 1.29 is 13.9 Å². The van der Waals surface area contributed by atoms with Gasteiger partial charge >= 0.3 is 6.09 Å². The van der Waals surface area contributed by atoms with Crippen molar-refractivity contribution in [2.75, 3.05) is 11.4 Å². The van der Waals surface area contributed by atoms with E-state index < -0.39 is 5.60 Å². The fourth-order valence-corrected chi connectivity index (χ4v) is 2.30. The summed E-state index contributed by atoms with van der Waals surface area (Å²) in [5, 5.41) is 0. The van der Waals surface area contributed by atoms with Gasteiger partial charge in [0.25, 0.3) is 0 Å². The van der Waals surface area contributed by atoms with E-state index >= 15 is 0 Å². The predicted octanol–water partition coefficient (Wildman–Crippen LogP) is 3.62. The second-order valence-electron chi connectivity index (χ2n) is 5.63. The van der Waals surface area contributed by atoms with Crippen LogP contribution in [0.4, 0.5) is 15.0 Å². The summed E-state index contributed by atoms with van der Waals surface area (Å²) in [7, 11) is 0. The Morgan fingerprint density at radius 2 is 1.81 bits per heavy atom. The molecule has 4 nitrogen and oxygen atoms in total. The molecule has 21 heavy (non-hydrogen) atoms. The first-order valence-electron chi connectivity index (χ1n) is 6.67. The van der Waals surface area contributed by atoms with Crippen LogP contribution in [0.1, 0.15) is 13.8 Å². The number of halogens is 1. The SMILES string of the molecule is CC1(C)CN(c2ccc(-c3ccc(F)cc3)cn2)C(=O)O1. The molecule has 2 heterocycles. The Hall–Kier alpha value is -2.43. The third kappa shape index (κ3) is 2.72. The largest absolute Gasteiger partial charge is 0.441 e. The second-order valence-corrected chi connectivity index (χ2v) is 5.63. The molecule has 5 heteroatoms. The van der Waals surface area contributed by atoms with Crippen LogP contribution in [0.15, 0.2) is 42.6 Å². The summed E-state index contributed by atoms with van der Waals surface area (Å²) in [4.78, 5) is 17.6. The molecule has 0 spiro atoms. The topological polar surface area (TPSA) is 42.4 Å². The highest BCUT2D eigenvalue weighted by Crippen LogP contribution is 2.27. The molecule has 0 N–H and O–H groups in total. The maximum atomic E-state index is 12.9. The van der Waals surface area contributed by atoms with Crippen LogP contribution in [0.25, 0.3) is 11.1 Å². The molecule has 1 aromatic carbocycles. The van der Waals surface area contributed by atoms with Crippen LogP contribution in [0.5, 0.6) is 0 Å². The van der Waals surface area contributed by atoms with Gasteiger partial charge in [-0.25, -0.2) is 14.2 Å². The third-order valence-electron chi connectivity index (χ3n) is 3.32. The summed E-state index contributed by atoms with van der Waals surface area (Å²) < 4.78 is 18.2. The third-order valence-corrected chi connectivity index (χ3v) is 3.32. The van der Waals surface area contributed by atoms with Crippen LogP contribution < -0.4 is 4.90 Å². The molecule has 1 amide bonds. The molecule has 1 aromatic heterocycles. The number of amides is 1. The molecule has 0 aliphatic carbocycles. The highest BCUT2D eigenvalue weighted by molar-refractivity contribution is 5.89. The Balaban J connectivity index is 1.85. The van der Waals surface area contributed by atoms with Crippen molar-refractivity contribution in [1.29, 1.82) is 0 Å². The van der Waals surface area contributed by atoms with E-state index in [-0.39, 0.29) is 11.9 Å². The zero-order chi connectivity index (χ0) is 15.0. The normalized spacial score (nSPS) is 16.9. The first-order chi connectivity index (χ1) is 9.94. The number of ether oxygens (including phenoxy) is 1. The van der Waals surface area contributed by atoms with Crippen LogP contribution in [0, 0.1) is 5.82 Å². The molecule has 3 rings (SSSR count). The quantitative estimate of drug-likeness (QED) is 0.846. The van der Waals surface area contributed by atoms with Crippen LogP contribution in [-0.2, 0) is 4.74 Å². The Kier molecular flexibility index (Phi) is 3.12. The van der Waals surface area contributed by atoms with Gasteiger partial charge in [-0.1, -0.05) is 12.1 Å². The maximum Gasteiger partial charge on any atom is 0.416 e. The Labute approximate surface area is 122 Å². The molecule has 1 saturated heterocycles. The summed E-state index contributed by atoms with van der Waals surface area (Å²) in [6.07, 6.45) is 1.28. The van der Waals surface area contributed by atoms with Crippen molar-refractivity contribution in [1.82, 2.24) is 4.98 Å². The minimum Gasteiger partial charge on any atom is -0.441 e. The zero-order valence-corrected chi connectivity index (χ0v) is 11.8. The monoisotopic (exact) mass is 286 g/mol. The van der Waals surface area contributed by atoms with E-state index in [2.05, 4.69) is 4.98 Å². The summed E-state index contributed by atoms with van der Waals surface area (Å²) in [5.74, 6) is 0.279. The van der Waals surface area contributed by atoms with E-state index in [0.29, 0.717) is 12.4 Å². The lowest BCUT2D eigenvalue weighted by molar-refractivity contribution is 0.0871. The minimum atomic E-state index is -0.506. The summed E-state index contributed by atoms with van der Waals surface area (Å²) in [6.45, 7) is 4.18. The van der Waals surface area contributed by atoms with E-state index in [4.69, 9.17) is 4.74 Å². The average Bonchev–Trinajstić information content (AvgIpc) is 2.73. The van der Waals surface area contributed by atoms with Gasteiger partial charge in [-0.3, -0.25) is 4.90 Å². The van der Waals surface area contributed by atoms with Gasteiger partial charge < -0.3 is 4.74 Å². The Morgan fingerprint density at radius 3 is 2.33 bits per heavy atom. The van der Waals surface area contributed by atoms with Crippen LogP contribution in [0.3, 0.4) is 0 Å². The van der Waals surface area contributed by atoms with E-state index in [0.717, 1.165) is 11.1 Å². The molecule has 0 unspecified atom stereocenters. The predicted molar refractivity (Wildman–Crippen MR) is 77.5 cm³/mol. The lowest BCUT2D eigenvalue weighted by Crippen LogP contribution is -2.28. The number of carbonyl (C=O) groups is 1. The van der Waals surface area contributed by atoms with Crippen molar-refractivity contribution in [3.05, 3.63) is 48.4 Å². The minimum absolute atomic E-state index is 0.273. The molecular formula is C16H15FN2O2. The highest BCUT2D eigenvalue weighted by Gasteiger charge is 2.38. The average molecular weight is 286 g/mol. The number of anilines is 1. The molecule has 1 fully saturated rings.